The van der Waals surface area contributed by atoms with Crippen molar-refractivity contribution in [2.45, 2.75) is 13.3 Å². The molecule has 0 spiro atoms. The van der Waals surface area contributed by atoms with Gasteiger partial charge in [-0.1, -0.05) is 17.7 Å². The van der Waals surface area contributed by atoms with Crippen LogP contribution in [0.3, 0.4) is 0 Å². The maximum Gasteiger partial charge on any atom is 0.232 e. The van der Waals surface area contributed by atoms with Crippen molar-refractivity contribution in [2.75, 3.05) is 43.4 Å². The molecule has 0 aliphatic carbocycles. The van der Waals surface area contributed by atoms with E-state index >= 15 is 0 Å². The predicted octanol–water partition coefficient (Wildman–Crippen LogP) is 1.01. The number of ether oxygens (including phenoxy) is 1. The van der Waals surface area contributed by atoms with Crippen LogP contribution in [0.2, 0.25) is 0 Å². The fourth-order valence-corrected chi connectivity index (χ4v) is 3.29. The molecule has 0 N–H and O–H groups in total. The highest BCUT2D eigenvalue weighted by atomic mass is 32.2. The molecule has 122 valence electrons. The third kappa shape index (κ3) is 4.45. The zero-order valence-electron chi connectivity index (χ0n) is 13.0. The Kier molecular flexibility index (Phi) is 5.42. The minimum atomic E-state index is -3.42. The van der Waals surface area contributed by atoms with Crippen LogP contribution >= 0.6 is 0 Å². The number of rotatable bonds is 5. The first-order valence-corrected chi connectivity index (χ1v) is 9.12. The molecular formula is C15H22N2O4S. The maximum absolute atomic E-state index is 12.2. The van der Waals surface area contributed by atoms with Gasteiger partial charge < -0.3 is 9.64 Å². The fourth-order valence-electron chi connectivity index (χ4n) is 2.37. The first kappa shape index (κ1) is 16.8. The summed E-state index contributed by atoms with van der Waals surface area (Å²) in [4.78, 5) is 13.9. The first-order chi connectivity index (χ1) is 10.4. The molecule has 1 aliphatic rings. The van der Waals surface area contributed by atoms with Crippen molar-refractivity contribution in [3.8, 4) is 0 Å². The van der Waals surface area contributed by atoms with E-state index in [0.29, 0.717) is 32.0 Å². The molecule has 6 nitrogen and oxygen atoms in total. The second kappa shape index (κ2) is 7.11. The molecule has 1 fully saturated rings. The number of anilines is 1. The fraction of sp³-hybridized carbons (Fsp3) is 0.533. The number of carbonyl (C=O) groups excluding carboxylic acids is 1. The quantitative estimate of drug-likeness (QED) is 0.810. The lowest BCUT2D eigenvalue weighted by molar-refractivity contribution is -0.134. The van der Waals surface area contributed by atoms with Crippen molar-refractivity contribution in [1.82, 2.24) is 4.90 Å². The molecule has 22 heavy (non-hydrogen) atoms. The molecule has 1 amide bonds. The average Bonchev–Trinajstić information content (AvgIpc) is 2.48. The second-order valence-electron chi connectivity index (χ2n) is 5.41. The molecule has 0 bridgehead atoms. The number of amides is 1. The summed E-state index contributed by atoms with van der Waals surface area (Å²) in [6.45, 7) is 4.32. The van der Waals surface area contributed by atoms with E-state index in [4.69, 9.17) is 4.74 Å². The van der Waals surface area contributed by atoms with Crippen LogP contribution in [0, 0.1) is 6.92 Å². The normalized spacial score (nSPS) is 15.6. The molecule has 0 radical (unpaired) electrons. The van der Waals surface area contributed by atoms with Crippen LogP contribution in [0.4, 0.5) is 5.69 Å². The van der Waals surface area contributed by atoms with Crippen LogP contribution in [0.5, 0.6) is 0 Å². The molecule has 0 unspecified atom stereocenters. The zero-order chi connectivity index (χ0) is 16.2. The summed E-state index contributed by atoms with van der Waals surface area (Å²) in [6, 6.07) is 7.24. The number of morpholine rings is 1. The van der Waals surface area contributed by atoms with Crippen molar-refractivity contribution in [3.05, 3.63) is 29.8 Å². The smallest absolute Gasteiger partial charge is 0.232 e. The van der Waals surface area contributed by atoms with Gasteiger partial charge in [0.1, 0.15) is 0 Å². The second-order valence-corrected chi connectivity index (χ2v) is 7.32. The van der Waals surface area contributed by atoms with Crippen LogP contribution in [0.25, 0.3) is 0 Å². The summed E-state index contributed by atoms with van der Waals surface area (Å²) < 4.78 is 30.5. The van der Waals surface area contributed by atoms with Gasteiger partial charge in [0.25, 0.3) is 0 Å². The maximum atomic E-state index is 12.2. The highest BCUT2D eigenvalue weighted by Gasteiger charge is 2.21. The SMILES string of the molecule is Cc1ccc(N(CCC(=O)N2CCOCC2)S(C)(=O)=O)cc1. The van der Waals surface area contributed by atoms with Gasteiger partial charge in [0.05, 0.1) is 25.2 Å². The number of benzene rings is 1. The van der Waals surface area contributed by atoms with Crippen molar-refractivity contribution in [3.63, 3.8) is 0 Å². The van der Waals surface area contributed by atoms with Crippen LogP contribution < -0.4 is 4.31 Å². The molecule has 1 heterocycles. The molecule has 1 aromatic rings. The van der Waals surface area contributed by atoms with E-state index in [1.165, 1.54) is 4.31 Å². The minimum absolute atomic E-state index is 0.0379. The standard InChI is InChI=1S/C15H22N2O4S/c1-13-3-5-14(6-4-13)17(22(2,19)20)8-7-15(18)16-9-11-21-12-10-16/h3-6H,7-12H2,1-2H3. The Balaban J connectivity index is 2.04. The molecule has 2 rings (SSSR count). The number of sulfonamides is 1. The Morgan fingerprint density at radius 1 is 1.23 bits per heavy atom. The third-order valence-corrected chi connectivity index (χ3v) is 4.81. The molecule has 1 saturated heterocycles. The van der Waals surface area contributed by atoms with Gasteiger partial charge in [0, 0.05) is 26.1 Å². The van der Waals surface area contributed by atoms with Gasteiger partial charge >= 0.3 is 0 Å². The lowest BCUT2D eigenvalue weighted by Gasteiger charge is -2.28. The monoisotopic (exact) mass is 326 g/mol. The molecule has 1 aromatic carbocycles. The summed E-state index contributed by atoms with van der Waals surface area (Å²) >= 11 is 0. The number of nitrogens with zero attached hydrogens (tertiary/aromatic N) is 2. The van der Waals surface area contributed by atoms with Gasteiger partial charge in [-0.2, -0.15) is 0 Å². The topological polar surface area (TPSA) is 66.9 Å². The lowest BCUT2D eigenvalue weighted by Crippen LogP contribution is -2.42. The van der Waals surface area contributed by atoms with Gasteiger partial charge in [-0.3, -0.25) is 9.10 Å². The zero-order valence-corrected chi connectivity index (χ0v) is 13.8. The highest BCUT2D eigenvalue weighted by Crippen LogP contribution is 2.18. The molecular weight excluding hydrogens is 304 g/mol. The van der Waals surface area contributed by atoms with Crippen molar-refractivity contribution in [1.29, 1.82) is 0 Å². The molecule has 7 heteroatoms. The molecule has 0 atom stereocenters. The lowest BCUT2D eigenvalue weighted by atomic mass is 10.2. The van der Waals surface area contributed by atoms with Gasteiger partial charge in [-0.05, 0) is 19.1 Å². The predicted molar refractivity (Wildman–Crippen MR) is 85.4 cm³/mol. The average molecular weight is 326 g/mol. The molecule has 0 saturated carbocycles. The van der Waals surface area contributed by atoms with Crippen LogP contribution in [0.1, 0.15) is 12.0 Å². The van der Waals surface area contributed by atoms with E-state index in [-0.39, 0.29) is 18.9 Å². The van der Waals surface area contributed by atoms with Crippen molar-refractivity contribution >= 4 is 21.6 Å². The Hall–Kier alpha value is -1.60. The third-order valence-electron chi connectivity index (χ3n) is 3.61. The summed E-state index contributed by atoms with van der Waals surface area (Å²) in [7, 11) is -3.42. The van der Waals surface area contributed by atoms with Gasteiger partial charge in [0.2, 0.25) is 15.9 Å². The Morgan fingerprint density at radius 2 is 1.82 bits per heavy atom. The Bertz CT molecular complexity index is 607. The van der Waals surface area contributed by atoms with Gasteiger partial charge in [-0.25, -0.2) is 8.42 Å². The van der Waals surface area contributed by atoms with E-state index < -0.39 is 10.0 Å². The number of hydrogen-bond donors (Lipinski definition) is 0. The van der Waals surface area contributed by atoms with Gasteiger partial charge in [-0.15, -0.1) is 0 Å². The van der Waals surface area contributed by atoms with Gasteiger partial charge in [0.15, 0.2) is 0 Å². The number of aryl methyl sites for hydroxylation is 1. The van der Waals surface area contributed by atoms with Crippen molar-refractivity contribution in [2.24, 2.45) is 0 Å². The van der Waals surface area contributed by atoms with E-state index in [2.05, 4.69) is 0 Å². The van der Waals surface area contributed by atoms with E-state index in [0.717, 1.165) is 11.8 Å². The highest BCUT2D eigenvalue weighted by molar-refractivity contribution is 7.92. The van der Waals surface area contributed by atoms with Crippen LogP contribution in [-0.2, 0) is 19.6 Å². The summed E-state index contributed by atoms with van der Waals surface area (Å²) in [6.07, 6.45) is 1.33. The summed E-state index contributed by atoms with van der Waals surface area (Å²) in [5.41, 5.74) is 1.64. The van der Waals surface area contributed by atoms with E-state index in [1.54, 1.807) is 17.0 Å². The molecule has 1 aliphatic heterocycles. The summed E-state index contributed by atoms with van der Waals surface area (Å²) in [5, 5.41) is 0. The first-order valence-electron chi connectivity index (χ1n) is 7.28. The number of carbonyl (C=O) groups is 1. The Labute approximate surface area is 131 Å². The summed E-state index contributed by atoms with van der Waals surface area (Å²) in [5.74, 6) is -0.0379. The minimum Gasteiger partial charge on any atom is -0.378 e. The van der Waals surface area contributed by atoms with Crippen LogP contribution in [-0.4, -0.2) is 58.3 Å². The van der Waals surface area contributed by atoms with E-state index in [9.17, 15) is 13.2 Å². The van der Waals surface area contributed by atoms with Crippen molar-refractivity contribution < 1.29 is 17.9 Å². The largest absolute Gasteiger partial charge is 0.378 e. The van der Waals surface area contributed by atoms with Crippen LogP contribution in [0.15, 0.2) is 24.3 Å². The molecule has 0 aromatic heterocycles. The number of hydrogen-bond acceptors (Lipinski definition) is 4. The Morgan fingerprint density at radius 3 is 2.36 bits per heavy atom. The van der Waals surface area contributed by atoms with E-state index in [1.807, 2.05) is 19.1 Å².